The summed E-state index contributed by atoms with van der Waals surface area (Å²) in [5.41, 5.74) is 3.73. The fourth-order valence-electron chi connectivity index (χ4n) is 3.25. The van der Waals surface area contributed by atoms with Crippen LogP contribution < -0.4 is 16.0 Å². The second-order valence-electron chi connectivity index (χ2n) is 7.35. The smallest absolute Gasteiger partial charge is 0.257 e. The Hall–Kier alpha value is -3.68. The van der Waals surface area contributed by atoms with Crippen molar-refractivity contribution >= 4 is 11.9 Å². The van der Waals surface area contributed by atoms with Crippen LogP contribution in [0.5, 0.6) is 0 Å². The topological polar surface area (TPSA) is 104 Å². The van der Waals surface area contributed by atoms with Crippen molar-refractivity contribution in [3.8, 4) is 11.5 Å². The molecule has 0 aliphatic rings. The second kappa shape index (κ2) is 11.6. The Bertz CT molecular complexity index is 1060. The number of aromatic nitrogens is 2. The van der Waals surface area contributed by atoms with Gasteiger partial charge >= 0.3 is 0 Å². The molecule has 0 atom stereocenters. The van der Waals surface area contributed by atoms with Crippen molar-refractivity contribution in [1.82, 2.24) is 26.1 Å². The highest BCUT2D eigenvalue weighted by atomic mass is 16.5. The van der Waals surface area contributed by atoms with Gasteiger partial charge in [-0.25, -0.2) is 0 Å². The molecule has 1 heterocycles. The minimum absolute atomic E-state index is 0.0818. The van der Waals surface area contributed by atoms with Gasteiger partial charge in [-0.3, -0.25) is 9.79 Å². The number of carbonyl (C=O) groups is 1. The molecule has 3 rings (SSSR count). The highest BCUT2D eigenvalue weighted by Gasteiger charge is 2.09. The van der Waals surface area contributed by atoms with Gasteiger partial charge in [-0.15, -0.1) is 0 Å². The predicted molar refractivity (Wildman–Crippen MR) is 125 cm³/mol. The van der Waals surface area contributed by atoms with Gasteiger partial charge in [0.05, 0.1) is 0 Å². The first kappa shape index (κ1) is 23.0. The van der Waals surface area contributed by atoms with Crippen LogP contribution in [0.1, 0.15) is 40.7 Å². The number of benzene rings is 2. The summed E-state index contributed by atoms with van der Waals surface area (Å²) in [5.74, 6) is 1.90. The Labute approximate surface area is 188 Å². The van der Waals surface area contributed by atoms with E-state index in [0.717, 1.165) is 41.8 Å². The van der Waals surface area contributed by atoms with Gasteiger partial charge in [-0.2, -0.15) is 4.98 Å². The normalized spacial score (nSPS) is 11.3. The second-order valence-corrected chi connectivity index (χ2v) is 7.35. The van der Waals surface area contributed by atoms with Crippen LogP contribution >= 0.6 is 0 Å². The molecular formula is C24H30N6O2. The standard InChI is InChI=1S/C24H30N6O2/c1-4-7-21-29-23(32-30-21)20-11-6-9-18(15-20)16-28-24(26-3)27-13-12-17-8-5-10-19(14-17)22(31)25-2/h5-6,8-11,14-15H,4,7,12-13,16H2,1-3H3,(H,25,31)(H2,26,27,28). The number of guanidine groups is 1. The maximum absolute atomic E-state index is 11.8. The fourth-order valence-corrected chi connectivity index (χ4v) is 3.25. The highest BCUT2D eigenvalue weighted by molar-refractivity contribution is 5.94. The van der Waals surface area contributed by atoms with E-state index in [9.17, 15) is 4.79 Å². The van der Waals surface area contributed by atoms with Crippen LogP contribution in [0.3, 0.4) is 0 Å². The van der Waals surface area contributed by atoms with Gasteiger partial charge in [-0.05, 0) is 48.2 Å². The minimum atomic E-state index is -0.0818. The molecule has 0 aliphatic heterocycles. The van der Waals surface area contributed by atoms with Gasteiger partial charge in [0.1, 0.15) is 0 Å². The lowest BCUT2D eigenvalue weighted by molar-refractivity contribution is 0.0963. The van der Waals surface area contributed by atoms with Crippen molar-refractivity contribution in [2.75, 3.05) is 20.6 Å². The maximum atomic E-state index is 11.8. The molecular weight excluding hydrogens is 404 g/mol. The SMILES string of the molecule is CCCc1noc(-c2cccc(CNC(=NC)NCCc3cccc(C(=O)NC)c3)c2)n1. The van der Waals surface area contributed by atoms with Crippen LogP contribution in [-0.4, -0.2) is 42.6 Å². The molecule has 2 aromatic carbocycles. The number of aryl methyl sites for hydroxylation is 1. The van der Waals surface area contributed by atoms with E-state index in [2.05, 4.69) is 38.0 Å². The Morgan fingerprint density at radius 3 is 2.66 bits per heavy atom. The van der Waals surface area contributed by atoms with Gasteiger partial charge in [0.25, 0.3) is 11.8 Å². The lowest BCUT2D eigenvalue weighted by Crippen LogP contribution is -2.37. The molecule has 0 saturated carbocycles. The molecule has 8 nitrogen and oxygen atoms in total. The Kier molecular flexibility index (Phi) is 8.36. The van der Waals surface area contributed by atoms with E-state index in [1.165, 1.54) is 0 Å². The molecule has 168 valence electrons. The lowest BCUT2D eigenvalue weighted by Gasteiger charge is -2.12. The number of rotatable bonds is 9. The average molecular weight is 435 g/mol. The zero-order valence-corrected chi connectivity index (χ0v) is 18.8. The summed E-state index contributed by atoms with van der Waals surface area (Å²) in [6, 6.07) is 15.6. The van der Waals surface area contributed by atoms with Crippen molar-refractivity contribution < 1.29 is 9.32 Å². The predicted octanol–water partition coefficient (Wildman–Crippen LogP) is 2.96. The van der Waals surface area contributed by atoms with Crippen molar-refractivity contribution in [3.63, 3.8) is 0 Å². The Morgan fingerprint density at radius 2 is 1.88 bits per heavy atom. The number of aliphatic imine (C=N–C) groups is 1. The fraction of sp³-hybridized carbons (Fsp3) is 0.333. The van der Waals surface area contributed by atoms with E-state index in [0.29, 0.717) is 30.5 Å². The summed E-state index contributed by atoms with van der Waals surface area (Å²) >= 11 is 0. The van der Waals surface area contributed by atoms with E-state index in [1.54, 1.807) is 14.1 Å². The number of hydrogen-bond donors (Lipinski definition) is 3. The molecule has 1 aromatic heterocycles. The summed E-state index contributed by atoms with van der Waals surface area (Å²) in [5, 5.41) is 13.3. The third kappa shape index (κ3) is 6.41. The van der Waals surface area contributed by atoms with Crippen molar-refractivity contribution in [1.29, 1.82) is 0 Å². The van der Waals surface area contributed by atoms with E-state index in [1.807, 2.05) is 48.5 Å². The third-order valence-corrected chi connectivity index (χ3v) is 4.92. The molecule has 0 bridgehead atoms. The first-order valence-corrected chi connectivity index (χ1v) is 10.8. The van der Waals surface area contributed by atoms with Crippen molar-refractivity contribution in [3.05, 3.63) is 71.0 Å². The summed E-state index contributed by atoms with van der Waals surface area (Å²) in [6.07, 6.45) is 2.57. The van der Waals surface area contributed by atoms with Crippen molar-refractivity contribution in [2.45, 2.75) is 32.7 Å². The molecule has 0 aliphatic carbocycles. The Balaban J connectivity index is 1.52. The van der Waals surface area contributed by atoms with Crippen LogP contribution in [-0.2, 0) is 19.4 Å². The average Bonchev–Trinajstić information content (AvgIpc) is 3.30. The lowest BCUT2D eigenvalue weighted by atomic mass is 10.1. The summed E-state index contributed by atoms with van der Waals surface area (Å²) in [6.45, 7) is 3.39. The van der Waals surface area contributed by atoms with E-state index >= 15 is 0 Å². The molecule has 0 spiro atoms. The molecule has 0 radical (unpaired) electrons. The van der Waals surface area contributed by atoms with E-state index in [-0.39, 0.29) is 5.91 Å². The summed E-state index contributed by atoms with van der Waals surface area (Å²) in [7, 11) is 3.37. The molecule has 0 saturated heterocycles. The quantitative estimate of drug-likeness (QED) is 0.353. The van der Waals surface area contributed by atoms with Crippen molar-refractivity contribution in [2.24, 2.45) is 4.99 Å². The van der Waals surface area contributed by atoms with Crippen LogP contribution in [0.2, 0.25) is 0 Å². The molecule has 3 aromatic rings. The van der Waals surface area contributed by atoms with Crippen LogP contribution in [0, 0.1) is 0 Å². The zero-order valence-electron chi connectivity index (χ0n) is 18.8. The first-order valence-electron chi connectivity index (χ1n) is 10.8. The molecule has 8 heteroatoms. The number of nitrogens with zero attached hydrogens (tertiary/aromatic N) is 3. The minimum Gasteiger partial charge on any atom is -0.356 e. The van der Waals surface area contributed by atoms with Crippen LogP contribution in [0.4, 0.5) is 0 Å². The molecule has 0 unspecified atom stereocenters. The largest absolute Gasteiger partial charge is 0.356 e. The maximum Gasteiger partial charge on any atom is 0.257 e. The molecule has 3 N–H and O–H groups in total. The monoisotopic (exact) mass is 434 g/mol. The molecule has 0 fully saturated rings. The van der Waals surface area contributed by atoms with Crippen LogP contribution in [0.25, 0.3) is 11.5 Å². The molecule has 32 heavy (non-hydrogen) atoms. The highest BCUT2D eigenvalue weighted by Crippen LogP contribution is 2.19. The third-order valence-electron chi connectivity index (χ3n) is 4.92. The number of hydrogen-bond acceptors (Lipinski definition) is 5. The summed E-state index contributed by atoms with van der Waals surface area (Å²) < 4.78 is 5.39. The summed E-state index contributed by atoms with van der Waals surface area (Å²) in [4.78, 5) is 20.5. The van der Waals surface area contributed by atoms with Gasteiger partial charge in [-0.1, -0.05) is 36.3 Å². The van der Waals surface area contributed by atoms with Gasteiger partial charge in [0.2, 0.25) is 0 Å². The van der Waals surface area contributed by atoms with E-state index in [4.69, 9.17) is 4.52 Å². The van der Waals surface area contributed by atoms with Gasteiger partial charge in [0, 0.05) is 44.7 Å². The number of carbonyl (C=O) groups excluding carboxylic acids is 1. The molecule has 1 amide bonds. The Morgan fingerprint density at radius 1 is 1.06 bits per heavy atom. The van der Waals surface area contributed by atoms with Gasteiger partial charge < -0.3 is 20.5 Å². The zero-order chi connectivity index (χ0) is 22.8. The van der Waals surface area contributed by atoms with E-state index < -0.39 is 0 Å². The van der Waals surface area contributed by atoms with Gasteiger partial charge in [0.15, 0.2) is 11.8 Å². The first-order chi connectivity index (χ1) is 15.6. The number of nitrogens with one attached hydrogen (secondary N) is 3. The van der Waals surface area contributed by atoms with Crippen LogP contribution in [0.15, 0.2) is 58.0 Å². The number of amides is 1.